The summed E-state index contributed by atoms with van der Waals surface area (Å²) in [5.41, 5.74) is 1.01. The summed E-state index contributed by atoms with van der Waals surface area (Å²) in [6, 6.07) is 8.94. The summed E-state index contributed by atoms with van der Waals surface area (Å²) in [6.07, 6.45) is 1.87. The predicted molar refractivity (Wildman–Crippen MR) is 104 cm³/mol. The van der Waals surface area contributed by atoms with Gasteiger partial charge in [-0.15, -0.1) is 11.3 Å². The summed E-state index contributed by atoms with van der Waals surface area (Å²) in [4.78, 5) is 38.2. The maximum absolute atomic E-state index is 13.1. The first-order valence-electron chi connectivity index (χ1n) is 8.60. The van der Waals surface area contributed by atoms with Crippen LogP contribution in [0, 0.1) is 6.92 Å². The Kier molecular flexibility index (Phi) is 5.37. The van der Waals surface area contributed by atoms with Gasteiger partial charge in [0.25, 0.3) is 5.56 Å². The fraction of sp³-hybridized carbons (Fsp3) is 0.316. The maximum Gasteiger partial charge on any atom is 0.336 e. The smallest absolute Gasteiger partial charge is 0.336 e. The van der Waals surface area contributed by atoms with Crippen molar-refractivity contribution in [2.24, 2.45) is 0 Å². The van der Waals surface area contributed by atoms with Gasteiger partial charge in [-0.3, -0.25) is 14.2 Å². The highest BCUT2D eigenvalue weighted by Gasteiger charge is 2.18. The lowest BCUT2D eigenvalue weighted by atomic mass is 10.2. The number of nitrogens with zero attached hydrogens (tertiary/aromatic N) is 2. The molecule has 0 spiro atoms. The van der Waals surface area contributed by atoms with E-state index >= 15 is 0 Å². The number of unbranched alkanes of at least 4 members (excludes halogenated alkanes) is 1. The molecule has 0 fully saturated rings. The van der Waals surface area contributed by atoms with Crippen LogP contribution in [0.5, 0.6) is 0 Å². The molecule has 0 unspecified atom stereocenters. The van der Waals surface area contributed by atoms with Crippen molar-refractivity contribution in [1.82, 2.24) is 14.5 Å². The number of thiophene rings is 1. The van der Waals surface area contributed by atoms with Crippen LogP contribution in [0.3, 0.4) is 0 Å². The Morgan fingerprint density at radius 1 is 1.19 bits per heavy atom. The molecule has 1 N–H and O–H groups in total. The Labute approximate surface area is 154 Å². The molecule has 2 heterocycles. The molecular formula is C19H21N3O3S. The van der Waals surface area contributed by atoms with E-state index in [-0.39, 0.29) is 18.0 Å². The van der Waals surface area contributed by atoms with Crippen LogP contribution in [0.4, 0.5) is 0 Å². The highest BCUT2D eigenvalue weighted by molar-refractivity contribution is 7.17. The molecule has 26 heavy (non-hydrogen) atoms. The Balaban J connectivity index is 2.14. The highest BCUT2D eigenvalue weighted by Crippen LogP contribution is 2.17. The zero-order chi connectivity index (χ0) is 18.7. The molecule has 0 radical (unpaired) electrons. The van der Waals surface area contributed by atoms with Gasteiger partial charge in [0.2, 0.25) is 5.91 Å². The highest BCUT2D eigenvalue weighted by atomic mass is 32.1. The van der Waals surface area contributed by atoms with Crippen molar-refractivity contribution in [1.29, 1.82) is 0 Å². The first-order valence-corrected chi connectivity index (χ1v) is 9.48. The first-order chi connectivity index (χ1) is 12.5. The SMILES string of the molecule is CCCCNC(=O)Cn1c(=O)n(-c2ccccc2C)c(=O)c2sccc21. The van der Waals surface area contributed by atoms with Crippen LogP contribution in [-0.2, 0) is 11.3 Å². The number of para-hydroxylation sites is 1. The number of amides is 1. The summed E-state index contributed by atoms with van der Waals surface area (Å²) >= 11 is 1.28. The van der Waals surface area contributed by atoms with Gasteiger partial charge in [0.15, 0.2) is 0 Å². The molecule has 136 valence electrons. The van der Waals surface area contributed by atoms with Crippen molar-refractivity contribution in [3.8, 4) is 5.69 Å². The van der Waals surface area contributed by atoms with Crippen molar-refractivity contribution in [2.45, 2.75) is 33.2 Å². The Morgan fingerprint density at radius 2 is 1.96 bits per heavy atom. The fourth-order valence-corrected chi connectivity index (χ4v) is 3.70. The van der Waals surface area contributed by atoms with Gasteiger partial charge in [0.05, 0.1) is 11.2 Å². The van der Waals surface area contributed by atoms with Crippen LogP contribution < -0.4 is 16.6 Å². The Morgan fingerprint density at radius 3 is 2.69 bits per heavy atom. The van der Waals surface area contributed by atoms with Gasteiger partial charge in [0.1, 0.15) is 11.2 Å². The van der Waals surface area contributed by atoms with Gasteiger partial charge >= 0.3 is 5.69 Å². The fourth-order valence-electron chi connectivity index (χ4n) is 2.87. The third-order valence-corrected chi connectivity index (χ3v) is 5.16. The summed E-state index contributed by atoms with van der Waals surface area (Å²) in [6.45, 7) is 4.36. The van der Waals surface area contributed by atoms with E-state index in [2.05, 4.69) is 5.32 Å². The third-order valence-electron chi connectivity index (χ3n) is 4.27. The van der Waals surface area contributed by atoms with E-state index in [1.165, 1.54) is 15.9 Å². The minimum Gasteiger partial charge on any atom is -0.355 e. The van der Waals surface area contributed by atoms with E-state index in [1.807, 2.05) is 26.0 Å². The molecule has 1 amide bonds. The van der Waals surface area contributed by atoms with Gasteiger partial charge < -0.3 is 5.32 Å². The summed E-state index contributed by atoms with van der Waals surface area (Å²) < 4.78 is 3.00. The van der Waals surface area contributed by atoms with Crippen molar-refractivity contribution < 1.29 is 4.79 Å². The molecule has 3 aromatic rings. The minimum atomic E-state index is -0.499. The van der Waals surface area contributed by atoms with Gasteiger partial charge in [-0.25, -0.2) is 9.36 Å². The summed E-state index contributed by atoms with van der Waals surface area (Å²) in [5, 5.41) is 4.58. The van der Waals surface area contributed by atoms with Crippen LogP contribution >= 0.6 is 11.3 Å². The maximum atomic E-state index is 13.1. The lowest BCUT2D eigenvalue weighted by Crippen LogP contribution is -2.41. The van der Waals surface area contributed by atoms with Crippen LogP contribution in [0.25, 0.3) is 15.9 Å². The standard InChI is InChI=1S/C19H21N3O3S/c1-3-4-10-20-16(23)12-21-15-9-11-26-17(15)18(24)22(19(21)25)14-8-6-5-7-13(14)2/h5-9,11H,3-4,10,12H2,1-2H3,(H,20,23). The van der Waals surface area contributed by atoms with Gasteiger partial charge in [-0.1, -0.05) is 31.5 Å². The van der Waals surface area contributed by atoms with E-state index in [9.17, 15) is 14.4 Å². The van der Waals surface area contributed by atoms with Crippen LogP contribution in [0.1, 0.15) is 25.3 Å². The minimum absolute atomic E-state index is 0.109. The number of carbonyl (C=O) groups is 1. The Bertz CT molecular complexity index is 1060. The quantitative estimate of drug-likeness (QED) is 0.677. The monoisotopic (exact) mass is 371 g/mol. The summed E-state index contributed by atoms with van der Waals surface area (Å²) in [5.74, 6) is -0.233. The zero-order valence-corrected chi connectivity index (χ0v) is 15.6. The van der Waals surface area contributed by atoms with Crippen LogP contribution in [0.15, 0.2) is 45.3 Å². The normalized spacial score (nSPS) is 11.0. The largest absolute Gasteiger partial charge is 0.355 e. The molecule has 0 saturated carbocycles. The number of fused-ring (bicyclic) bond motifs is 1. The van der Waals surface area contributed by atoms with Gasteiger partial charge in [0, 0.05) is 6.54 Å². The summed E-state index contributed by atoms with van der Waals surface area (Å²) in [7, 11) is 0. The van der Waals surface area contributed by atoms with Crippen molar-refractivity contribution >= 4 is 27.5 Å². The molecule has 0 bridgehead atoms. The molecule has 0 aliphatic heterocycles. The molecule has 0 saturated heterocycles. The molecule has 3 rings (SSSR count). The second-order valence-corrected chi connectivity index (χ2v) is 7.05. The molecule has 6 nitrogen and oxygen atoms in total. The number of aromatic nitrogens is 2. The second kappa shape index (κ2) is 7.70. The molecule has 0 atom stereocenters. The van der Waals surface area contributed by atoms with Crippen LogP contribution in [0.2, 0.25) is 0 Å². The average Bonchev–Trinajstić information content (AvgIpc) is 3.10. The third kappa shape index (κ3) is 3.35. The van der Waals surface area contributed by atoms with E-state index in [1.54, 1.807) is 23.6 Å². The average molecular weight is 371 g/mol. The van der Waals surface area contributed by atoms with E-state index in [4.69, 9.17) is 0 Å². The number of aryl methyl sites for hydroxylation is 1. The van der Waals surface area contributed by atoms with E-state index in [0.29, 0.717) is 22.4 Å². The number of hydrogen-bond donors (Lipinski definition) is 1. The number of nitrogens with one attached hydrogen (secondary N) is 1. The number of benzene rings is 1. The van der Waals surface area contributed by atoms with Crippen molar-refractivity contribution in [3.63, 3.8) is 0 Å². The molecular weight excluding hydrogens is 350 g/mol. The molecule has 1 aromatic carbocycles. The molecule has 0 aliphatic carbocycles. The topological polar surface area (TPSA) is 73.1 Å². The zero-order valence-electron chi connectivity index (χ0n) is 14.8. The molecule has 7 heteroatoms. The van der Waals surface area contributed by atoms with Crippen molar-refractivity contribution in [3.05, 3.63) is 62.1 Å². The molecule has 2 aromatic heterocycles. The van der Waals surface area contributed by atoms with Crippen LogP contribution in [-0.4, -0.2) is 21.6 Å². The first kappa shape index (κ1) is 18.1. The molecule has 0 aliphatic rings. The number of rotatable bonds is 6. The van der Waals surface area contributed by atoms with Gasteiger partial charge in [-0.05, 0) is 36.4 Å². The Hall–Kier alpha value is -2.67. The predicted octanol–water partition coefficient (Wildman–Crippen LogP) is 2.44. The van der Waals surface area contributed by atoms with Crippen molar-refractivity contribution in [2.75, 3.05) is 6.54 Å². The lowest BCUT2D eigenvalue weighted by Gasteiger charge is -2.13. The lowest BCUT2D eigenvalue weighted by molar-refractivity contribution is -0.121. The second-order valence-electron chi connectivity index (χ2n) is 6.13. The van der Waals surface area contributed by atoms with Gasteiger partial charge in [-0.2, -0.15) is 0 Å². The van der Waals surface area contributed by atoms with E-state index in [0.717, 1.165) is 23.0 Å². The number of carbonyl (C=O) groups excluding carboxylic acids is 1. The number of hydrogen-bond acceptors (Lipinski definition) is 4. The van der Waals surface area contributed by atoms with E-state index < -0.39 is 5.69 Å².